The first kappa shape index (κ1) is 16.7. The van der Waals surface area contributed by atoms with Crippen LogP contribution in [0.25, 0.3) is 11.0 Å². The van der Waals surface area contributed by atoms with Gasteiger partial charge in [0.05, 0.1) is 11.3 Å². The maximum absolute atomic E-state index is 13.1. The molecule has 0 saturated heterocycles. The molecular formula is C20H16ClN3O2. The Hall–Kier alpha value is -2.79. The Morgan fingerprint density at radius 1 is 1.08 bits per heavy atom. The average molecular weight is 366 g/mol. The molecular weight excluding hydrogens is 350 g/mol. The minimum atomic E-state index is -0.427. The lowest BCUT2D eigenvalue weighted by atomic mass is 10.0. The number of hydrogen-bond acceptors (Lipinski definition) is 4. The van der Waals surface area contributed by atoms with Gasteiger partial charge in [0.25, 0.3) is 11.8 Å². The van der Waals surface area contributed by atoms with E-state index in [2.05, 4.69) is 9.97 Å². The molecule has 0 radical (unpaired) electrons. The van der Waals surface area contributed by atoms with E-state index in [1.54, 1.807) is 18.3 Å². The Balaban J connectivity index is 1.95. The summed E-state index contributed by atoms with van der Waals surface area (Å²) in [6.45, 7) is 3.94. The highest BCUT2D eigenvalue weighted by Crippen LogP contribution is 2.37. The number of carbonyl (C=O) groups is 2. The number of nitrogens with zero attached hydrogens (tertiary/aromatic N) is 3. The summed E-state index contributed by atoms with van der Waals surface area (Å²) in [5, 5.41) is 1.28. The van der Waals surface area contributed by atoms with E-state index >= 15 is 0 Å². The van der Waals surface area contributed by atoms with Crippen LogP contribution < -0.4 is 4.90 Å². The maximum Gasteiger partial charge on any atom is 0.284 e. The fraction of sp³-hybridized carbons (Fsp3) is 0.200. The standard InChI is InChI=1S/C20H16ClN3O2/c1-3-11-7-8-15(21)13(4-2)17(11)24-19(25)14-10-12-6-5-9-22-18(12)23-16(14)20(24)26/h5-10H,3-4H2,1-2H3. The summed E-state index contributed by atoms with van der Waals surface area (Å²) in [5.41, 5.74) is 3.19. The second-order valence-electron chi connectivity index (χ2n) is 6.12. The van der Waals surface area contributed by atoms with Crippen LogP contribution in [-0.2, 0) is 12.8 Å². The summed E-state index contributed by atoms with van der Waals surface area (Å²) in [5.74, 6) is -0.792. The van der Waals surface area contributed by atoms with Gasteiger partial charge in [-0.2, -0.15) is 0 Å². The number of imide groups is 1. The van der Waals surface area contributed by atoms with Gasteiger partial charge in [-0.25, -0.2) is 14.9 Å². The van der Waals surface area contributed by atoms with Crippen LogP contribution in [0.3, 0.4) is 0 Å². The number of anilines is 1. The van der Waals surface area contributed by atoms with Gasteiger partial charge in [-0.1, -0.05) is 31.5 Å². The fourth-order valence-electron chi connectivity index (χ4n) is 3.41. The van der Waals surface area contributed by atoms with Crippen molar-refractivity contribution < 1.29 is 9.59 Å². The average Bonchev–Trinajstić information content (AvgIpc) is 2.89. The molecule has 0 aliphatic carbocycles. The molecule has 2 aromatic heterocycles. The van der Waals surface area contributed by atoms with Crippen LogP contribution in [0.5, 0.6) is 0 Å². The third-order valence-electron chi connectivity index (χ3n) is 4.70. The Bertz CT molecular complexity index is 1020. The number of halogens is 1. The highest BCUT2D eigenvalue weighted by atomic mass is 35.5. The highest BCUT2D eigenvalue weighted by Gasteiger charge is 2.40. The van der Waals surface area contributed by atoms with Gasteiger partial charge in [0.1, 0.15) is 5.69 Å². The van der Waals surface area contributed by atoms with E-state index in [0.717, 1.165) is 16.5 Å². The number of rotatable bonds is 3. The molecule has 0 bridgehead atoms. The molecule has 3 aromatic rings. The van der Waals surface area contributed by atoms with Crippen molar-refractivity contribution in [3.05, 3.63) is 63.9 Å². The minimum Gasteiger partial charge on any atom is -0.268 e. The van der Waals surface area contributed by atoms with E-state index in [9.17, 15) is 9.59 Å². The number of hydrogen-bond donors (Lipinski definition) is 0. The van der Waals surface area contributed by atoms with E-state index in [-0.39, 0.29) is 11.6 Å². The van der Waals surface area contributed by atoms with Crippen molar-refractivity contribution in [3.8, 4) is 0 Å². The number of aryl methyl sites for hydroxylation is 1. The van der Waals surface area contributed by atoms with Gasteiger partial charge in [-0.15, -0.1) is 0 Å². The SMILES string of the molecule is CCc1ccc(Cl)c(CC)c1N1C(=O)c2cc3cccnc3nc2C1=O. The molecule has 3 heterocycles. The lowest BCUT2D eigenvalue weighted by Crippen LogP contribution is -2.31. The monoisotopic (exact) mass is 365 g/mol. The number of benzene rings is 1. The van der Waals surface area contributed by atoms with Crippen molar-refractivity contribution in [2.45, 2.75) is 26.7 Å². The zero-order chi connectivity index (χ0) is 18.4. The summed E-state index contributed by atoms with van der Waals surface area (Å²) in [6, 6.07) is 8.97. The van der Waals surface area contributed by atoms with Crippen molar-refractivity contribution in [2.24, 2.45) is 0 Å². The second kappa shape index (κ2) is 6.18. The quantitative estimate of drug-likeness (QED) is 0.652. The van der Waals surface area contributed by atoms with Crippen LogP contribution in [0.2, 0.25) is 5.02 Å². The van der Waals surface area contributed by atoms with Gasteiger partial charge >= 0.3 is 0 Å². The molecule has 1 aliphatic rings. The second-order valence-corrected chi connectivity index (χ2v) is 6.53. The Labute approximate surface area is 155 Å². The van der Waals surface area contributed by atoms with E-state index in [4.69, 9.17) is 11.6 Å². The zero-order valence-electron chi connectivity index (χ0n) is 14.4. The van der Waals surface area contributed by atoms with Gasteiger partial charge in [0.2, 0.25) is 0 Å². The van der Waals surface area contributed by atoms with Gasteiger partial charge in [-0.3, -0.25) is 9.59 Å². The van der Waals surface area contributed by atoms with Crippen LogP contribution in [0, 0.1) is 0 Å². The van der Waals surface area contributed by atoms with Crippen LogP contribution in [0.15, 0.2) is 36.5 Å². The smallest absolute Gasteiger partial charge is 0.268 e. The first-order valence-corrected chi connectivity index (χ1v) is 8.89. The van der Waals surface area contributed by atoms with Crippen molar-refractivity contribution in [2.75, 3.05) is 4.90 Å². The molecule has 0 N–H and O–H groups in total. The first-order chi connectivity index (χ1) is 12.6. The first-order valence-electron chi connectivity index (χ1n) is 8.51. The number of amides is 2. The molecule has 4 rings (SSSR count). The summed E-state index contributed by atoms with van der Waals surface area (Å²) < 4.78 is 0. The van der Waals surface area contributed by atoms with Crippen LogP contribution in [0.4, 0.5) is 5.69 Å². The molecule has 0 spiro atoms. The summed E-state index contributed by atoms with van der Waals surface area (Å²) in [6.07, 6.45) is 2.92. The summed E-state index contributed by atoms with van der Waals surface area (Å²) in [7, 11) is 0. The summed E-state index contributed by atoms with van der Waals surface area (Å²) in [4.78, 5) is 35.9. The lowest BCUT2D eigenvalue weighted by Gasteiger charge is -2.22. The van der Waals surface area contributed by atoms with E-state index < -0.39 is 5.91 Å². The van der Waals surface area contributed by atoms with Gasteiger partial charge in [0, 0.05) is 16.6 Å². The normalized spacial score (nSPS) is 13.6. The van der Waals surface area contributed by atoms with Crippen molar-refractivity contribution in [1.82, 2.24) is 9.97 Å². The molecule has 1 aromatic carbocycles. The van der Waals surface area contributed by atoms with Crippen LogP contribution in [0.1, 0.15) is 45.8 Å². The van der Waals surface area contributed by atoms with Crippen molar-refractivity contribution in [3.63, 3.8) is 0 Å². The van der Waals surface area contributed by atoms with Crippen LogP contribution in [-0.4, -0.2) is 21.8 Å². The number of carbonyl (C=O) groups excluding carboxylic acids is 2. The zero-order valence-corrected chi connectivity index (χ0v) is 15.2. The third-order valence-corrected chi connectivity index (χ3v) is 5.05. The Morgan fingerprint density at radius 2 is 1.88 bits per heavy atom. The number of pyridine rings is 2. The molecule has 0 fully saturated rings. The van der Waals surface area contributed by atoms with Gasteiger partial charge in [0.15, 0.2) is 5.65 Å². The molecule has 130 valence electrons. The highest BCUT2D eigenvalue weighted by molar-refractivity contribution is 6.36. The summed E-state index contributed by atoms with van der Waals surface area (Å²) >= 11 is 6.35. The predicted molar refractivity (Wildman–Crippen MR) is 101 cm³/mol. The molecule has 0 atom stereocenters. The number of aromatic nitrogens is 2. The van der Waals surface area contributed by atoms with E-state index in [0.29, 0.717) is 34.8 Å². The molecule has 2 amide bonds. The fourth-order valence-corrected chi connectivity index (χ4v) is 3.70. The van der Waals surface area contributed by atoms with Crippen molar-refractivity contribution in [1.29, 1.82) is 0 Å². The topological polar surface area (TPSA) is 63.2 Å². The largest absolute Gasteiger partial charge is 0.284 e. The molecule has 0 saturated carbocycles. The van der Waals surface area contributed by atoms with Crippen LogP contribution >= 0.6 is 11.6 Å². The third kappa shape index (κ3) is 2.31. The molecule has 26 heavy (non-hydrogen) atoms. The minimum absolute atomic E-state index is 0.144. The van der Waals surface area contributed by atoms with Gasteiger partial charge in [-0.05, 0) is 48.2 Å². The molecule has 5 nitrogen and oxygen atoms in total. The molecule has 1 aliphatic heterocycles. The Kier molecular flexibility index (Phi) is 3.96. The maximum atomic E-state index is 13.1. The predicted octanol–water partition coefficient (Wildman–Crippen LogP) is 4.21. The lowest BCUT2D eigenvalue weighted by molar-refractivity contribution is 0.0924. The Morgan fingerprint density at radius 3 is 2.62 bits per heavy atom. The van der Waals surface area contributed by atoms with E-state index in [1.807, 2.05) is 32.0 Å². The molecule has 6 heteroatoms. The van der Waals surface area contributed by atoms with Gasteiger partial charge < -0.3 is 0 Å². The van der Waals surface area contributed by atoms with Crippen molar-refractivity contribution >= 4 is 40.1 Å². The van der Waals surface area contributed by atoms with E-state index in [1.165, 1.54) is 4.90 Å². The number of fused-ring (bicyclic) bond motifs is 2. The molecule has 0 unspecified atom stereocenters.